The van der Waals surface area contributed by atoms with E-state index in [0.717, 1.165) is 38.5 Å². The van der Waals surface area contributed by atoms with Gasteiger partial charge < -0.3 is 16.2 Å². The Morgan fingerprint density at radius 2 is 1.94 bits per heavy atom. The fourth-order valence-electron chi connectivity index (χ4n) is 2.93. The Labute approximate surface area is 107 Å². The summed E-state index contributed by atoms with van der Waals surface area (Å²) in [6, 6.07) is 0. The average Bonchev–Trinajstić information content (AvgIpc) is 3.02. The Hall–Kier alpha value is -1.10. The Morgan fingerprint density at radius 1 is 1.39 bits per heavy atom. The highest BCUT2D eigenvalue weighted by molar-refractivity contribution is 5.87. The normalized spacial score (nSPS) is 25.4. The number of hydrogen-bond donors (Lipinski definition) is 3. The van der Waals surface area contributed by atoms with Crippen molar-refractivity contribution in [2.75, 3.05) is 0 Å². The average molecular weight is 254 g/mol. The molecule has 1 unspecified atom stereocenters. The minimum atomic E-state index is -0.859. The van der Waals surface area contributed by atoms with Gasteiger partial charge in [0, 0.05) is 0 Å². The molecule has 2 fully saturated rings. The van der Waals surface area contributed by atoms with Crippen LogP contribution in [0.25, 0.3) is 0 Å². The molecule has 2 saturated carbocycles. The quantitative estimate of drug-likeness (QED) is 0.683. The van der Waals surface area contributed by atoms with Gasteiger partial charge >= 0.3 is 5.97 Å². The van der Waals surface area contributed by atoms with Crippen LogP contribution in [0.2, 0.25) is 0 Å². The highest BCUT2D eigenvalue weighted by Crippen LogP contribution is 2.39. The largest absolute Gasteiger partial charge is 0.481 e. The molecule has 102 valence electrons. The summed E-state index contributed by atoms with van der Waals surface area (Å²) in [6.07, 6.45) is 5.41. The van der Waals surface area contributed by atoms with E-state index in [1.54, 1.807) is 6.92 Å². The molecule has 0 aromatic heterocycles. The van der Waals surface area contributed by atoms with Crippen molar-refractivity contribution in [3.8, 4) is 0 Å². The Balaban J connectivity index is 2.04. The maximum atomic E-state index is 12.3. The van der Waals surface area contributed by atoms with Crippen LogP contribution in [0.3, 0.4) is 0 Å². The minimum Gasteiger partial charge on any atom is -0.481 e. The second kappa shape index (κ2) is 4.53. The van der Waals surface area contributed by atoms with E-state index < -0.39 is 17.0 Å². The molecule has 0 heterocycles. The first-order valence-corrected chi connectivity index (χ1v) is 6.69. The molecular formula is C13H22N2O3. The number of carboxylic acid groups (broad SMARTS) is 1. The lowest BCUT2D eigenvalue weighted by atomic mass is 9.89. The van der Waals surface area contributed by atoms with Gasteiger partial charge in [-0.2, -0.15) is 0 Å². The number of aliphatic carboxylic acids is 1. The van der Waals surface area contributed by atoms with Crippen molar-refractivity contribution in [2.45, 2.75) is 62.9 Å². The maximum absolute atomic E-state index is 12.3. The van der Waals surface area contributed by atoms with Crippen LogP contribution in [0.5, 0.6) is 0 Å². The molecule has 5 nitrogen and oxygen atoms in total. The monoisotopic (exact) mass is 254 g/mol. The molecule has 4 N–H and O–H groups in total. The van der Waals surface area contributed by atoms with Crippen LogP contribution >= 0.6 is 0 Å². The van der Waals surface area contributed by atoms with E-state index in [0.29, 0.717) is 0 Å². The van der Waals surface area contributed by atoms with Gasteiger partial charge in [0.25, 0.3) is 0 Å². The first-order chi connectivity index (χ1) is 8.36. The van der Waals surface area contributed by atoms with Crippen molar-refractivity contribution in [2.24, 2.45) is 11.7 Å². The molecule has 18 heavy (non-hydrogen) atoms. The second-order valence-corrected chi connectivity index (χ2v) is 6.07. The van der Waals surface area contributed by atoms with Gasteiger partial charge in [-0.15, -0.1) is 0 Å². The zero-order valence-corrected chi connectivity index (χ0v) is 10.9. The summed E-state index contributed by atoms with van der Waals surface area (Å²) in [5.41, 5.74) is 4.65. The number of carbonyl (C=O) groups is 2. The van der Waals surface area contributed by atoms with Gasteiger partial charge in [-0.25, -0.2) is 0 Å². The van der Waals surface area contributed by atoms with E-state index in [1.165, 1.54) is 0 Å². The standard InChI is InChI=1S/C13H22N2O3/c1-12(14,9-4-5-9)11(18)15-13(8-10(16)17)6-2-3-7-13/h9H,2-8,14H2,1H3,(H,15,18)(H,16,17). The minimum absolute atomic E-state index is 0.000509. The molecule has 0 aromatic rings. The van der Waals surface area contributed by atoms with Gasteiger partial charge in [-0.05, 0) is 38.5 Å². The summed E-state index contributed by atoms with van der Waals surface area (Å²) in [7, 11) is 0. The highest BCUT2D eigenvalue weighted by Gasteiger charge is 2.47. The van der Waals surface area contributed by atoms with Gasteiger partial charge in [-0.1, -0.05) is 12.8 Å². The molecule has 0 spiro atoms. The van der Waals surface area contributed by atoms with E-state index in [9.17, 15) is 9.59 Å². The molecule has 5 heteroatoms. The summed E-state index contributed by atoms with van der Waals surface area (Å²) in [4.78, 5) is 23.2. The summed E-state index contributed by atoms with van der Waals surface area (Å²) >= 11 is 0. The predicted octanol–water partition coefficient (Wildman–Crippen LogP) is 1.02. The molecule has 0 saturated heterocycles. The number of carbonyl (C=O) groups excluding carboxylic acids is 1. The van der Waals surface area contributed by atoms with E-state index in [2.05, 4.69) is 5.32 Å². The number of nitrogens with two attached hydrogens (primary N) is 1. The van der Waals surface area contributed by atoms with Gasteiger partial charge in [0.1, 0.15) is 0 Å². The van der Waals surface area contributed by atoms with Gasteiger partial charge in [-0.3, -0.25) is 9.59 Å². The third kappa shape index (κ3) is 2.66. The number of nitrogens with one attached hydrogen (secondary N) is 1. The first-order valence-electron chi connectivity index (χ1n) is 6.69. The molecule has 2 aliphatic carbocycles. The summed E-state index contributed by atoms with van der Waals surface area (Å²) in [6.45, 7) is 1.75. The van der Waals surface area contributed by atoms with Crippen LogP contribution in [-0.2, 0) is 9.59 Å². The Morgan fingerprint density at radius 3 is 2.39 bits per heavy atom. The van der Waals surface area contributed by atoms with Gasteiger partial charge in [0.2, 0.25) is 5.91 Å². The van der Waals surface area contributed by atoms with Crippen LogP contribution in [0.4, 0.5) is 0 Å². The van der Waals surface area contributed by atoms with Gasteiger partial charge in [0.15, 0.2) is 0 Å². The van der Waals surface area contributed by atoms with Crippen LogP contribution in [0.15, 0.2) is 0 Å². The molecule has 0 radical (unpaired) electrons. The smallest absolute Gasteiger partial charge is 0.305 e. The second-order valence-electron chi connectivity index (χ2n) is 6.07. The molecule has 2 rings (SSSR count). The Bertz CT molecular complexity index is 355. The number of rotatable bonds is 5. The highest BCUT2D eigenvalue weighted by atomic mass is 16.4. The number of hydrogen-bond acceptors (Lipinski definition) is 3. The SMILES string of the molecule is CC(N)(C(=O)NC1(CC(=O)O)CCCC1)C1CC1. The van der Waals surface area contributed by atoms with E-state index >= 15 is 0 Å². The molecule has 0 aromatic carbocycles. The summed E-state index contributed by atoms with van der Waals surface area (Å²) in [5, 5.41) is 11.9. The lowest BCUT2D eigenvalue weighted by Crippen LogP contribution is -2.59. The molecule has 2 aliphatic rings. The molecular weight excluding hydrogens is 232 g/mol. The zero-order valence-electron chi connectivity index (χ0n) is 10.9. The maximum Gasteiger partial charge on any atom is 0.305 e. The third-order valence-corrected chi connectivity index (χ3v) is 4.34. The molecule has 0 bridgehead atoms. The van der Waals surface area contributed by atoms with E-state index in [1.807, 2.05) is 0 Å². The number of amides is 1. The molecule has 0 aliphatic heterocycles. The van der Waals surface area contributed by atoms with Crippen molar-refractivity contribution < 1.29 is 14.7 Å². The number of carboxylic acids is 1. The van der Waals surface area contributed by atoms with Crippen LogP contribution in [0.1, 0.15) is 51.9 Å². The van der Waals surface area contributed by atoms with Crippen molar-refractivity contribution in [3.63, 3.8) is 0 Å². The fraction of sp³-hybridized carbons (Fsp3) is 0.846. The third-order valence-electron chi connectivity index (χ3n) is 4.34. The predicted molar refractivity (Wildman–Crippen MR) is 66.9 cm³/mol. The van der Waals surface area contributed by atoms with E-state index in [-0.39, 0.29) is 18.2 Å². The lowest BCUT2D eigenvalue weighted by Gasteiger charge is -2.33. The first kappa shape index (κ1) is 13.3. The van der Waals surface area contributed by atoms with Crippen LogP contribution < -0.4 is 11.1 Å². The van der Waals surface area contributed by atoms with Crippen molar-refractivity contribution in [1.29, 1.82) is 0 Å². The van der Waals surface area contributed by atoms with E-state index in [4.69, 9.17) is 10.8 Å². The molecule has 1 amide bonds. The summed E-state index contributed by atoms with van der Waals surface area (Å²) < 4.78 is 0. The van der Waals surface area contributed by atoms with Crippen molar-refractivity contribution >= 4 is 11.9 Å². The van der Waals surface area contributed by atoms with Gasteiger partial charge in [0.05, 0.1) is 17.5 Å². The topological polar surface area (TPSA) is 92.4 Å². The van der Waals surface area contributed by atoms with Crippen LogP contribution in [-0.4, -0.2) is 28.1 Å². The molecule has 1 atom stereocenters. The fourth-order valence-corrected chi connectivity index (χ4v) is 2.93. The van der Waals surface area contributed by atoms with Crippen molar-refractivity contribution in [3.05, 3.63) is 0 Å². The Kier molecular flexibility index (Phi) is 3.36. The summed E-state index contributed by atoms with van der Waals surface area (Å²) in [5.74, 6) is -0.795. The zero-order chi connectivity index (χ0) is 13.4. The lowest BCUT2D eigenvalue weighted by molar-refractivity contribution is -0.139. The van der Waals surface area contributed by atoms with Crippen LogP contribution in [0, 0.1) is 5.92 Å². The van der Waals surface area contributed by atoms with Crippen molar-refractivity contribution in [1.82, 2.24) is 5.32 Å².